The molecule has 1 unspecified atom stereocenters. The Morgan fingerprint density at radius 2 is 1.75 bits per heavy atom. The van der Waals surface area contributed by atoms with E-state index in [0.29, 0.717) is 0 Å². The average molecular weight is 276 g/mol. The summed E-state index contributed by atoms with van der Waals surface area (Å²) in [5.41, 5.74) is 6.11. The van der Waals surface area contributed by atoms with Crippen LogP contribution in [0.2, 0.25) is 0 Å². The van der Waals surface area contributed by atoms with Gasteiger partial charge in [0.15, 0.2) is 0 Å². The monoisotopic (exact) mass is 276 g/mol. The Morgan fingerprint density at radius 3 is 2.20 bits per heavy atom. The van der Waals surface area contributed by atoms with Gasteiger partial charge in [-0.3, -0.25) is 4.79 Å². The minimum atomic E-state index is -0.617. The van der Waals surface area contributed by atoms with Gasteiger partial charge in [-0.15, -0.1) is 0 Å². The predicted molar refractivity (Wildman–Crippen MR) is 84.3 cm³/mol. The van der Waals surface area contributed by atoms with Crippen LogP contribution in [0.15, 0.2) is 30.3 Å². The maximum Gasteiger partial charge on any atom is 0.227 e. The summed E-state index contributed by atoms with van der Waals surface area (Å²) < 4.78 is 0. The molecule has 0 fully saturated rings. The second-order valence-electron chi connectivity index (χ2n) is 6.57. The molecule has 1 aromatic rings. The molecule has 3 N–H and O–H groups in total. The molecule has 1 atom stereocenters. The van der Waals surface area contributed by atoms with Crippen molar-refractivity contribution in [2.24, 2.45) is 11.1 Å². The first-order valence-corrected chi connectivity index (χ1v) is 7.35. The number of nitrogens with one attached hydrogen (secondary N) is 1. The molecule has 1 amide bonds. The molecule has 1 rings (SSSR count). The van der Waals surface area contributed by atoms with Crippen molar-refractivity contribution in [2.45, 2.75) is 59.0 Å². The molecule has 0 aliphatic heterocycles. The van der Waals surface area contributed by atoms with Crippen LogP contribution < -0.4 is 11.1 Å². The Kier molecular flexibility index (Phi) is 5.35. The maximum atomic E-state index is 12.6. The highest BCUT2D eigenvalue weighted by atomic mass is 16.2. The normalized spacial score (nSPS) is 13.9. The first-order valence-electron chi connectivity index (χ1n) is 7.35. The zero-order chi connectivity index (χ0) is 15.4. The number of benzene rings is 1. The van der Waals surface area contributed by atoms with E-state index in [1.165, 1.54) is 0 Å². The van der Waals surface area contributed by atoms with Crippen LogP contribution in [-0.4, -0.2) is 11.4 Å². The van der Waals surface area contributed by atoms with Crippen LogP contribution in [0.4, 0.5) is 0 Å². The lowest BCUT2D eigenvalue weighted by Gasteiger charge is -2.38. The standard InChI is InChI=1S/C17H28N2O/c1-6-10-14(13-11-8-7-9-12-13)19-15(20)16(2,3)17(4,5)18/h7-9,11-12,14H,6,10,18H2,1-5H3,(H,19,20). The van der Waals surface area contributed by atoms with Crippen molar-refractivity contribution in [1.82, 2.24) is 5.32 Å². The number of hydrogen-bond donors (Lipinski definition) is 2. The van der Waals surface area contributed by atoms with Gasteiger partial charge in [0, 0.05) is 5.54 Å². The van der Waals surface area contributed by atoms with Crippen LogP contribution in [0.5, 0.6) is 0 Å². The van der Waals surface area contributed by atoms with Gasteiger partial charge in [-0.25, -0.2) is 0 Å². The Labute approximate surface area is 122 Å². The number of rotatable bonds is 6. The third kappa shape index (κ3) is 3.83. The molecule has 0 spiro atoms. The van der Waals surface area contributed by atoms with Gasteiger partial charge in [-0.2, -0.15) is 0 Å². The fourth-order valence-corrected chi connectivity index (χ4v) is 1.93. The summed E-state index contributed by atoms with van der Waals surface area (Å²) in [7, 11) is 0. The van der Waals surface area contributed by atoms with E-state index in [0.717, 1.165) is 18.4 Å². The van der Waals surface area contributed by atoms with Crippen molar-refractivity contribution in [1.29, 1.82) is 0 Å². The molecule has 0 aliphatic rings. The summed E-state index contributed by atoms with van der Waals surface area (Å²) >= 11 is 0. The van der Waals surface area contributed by atoms with Gasteiger partial charge in [0.2, 0.25) is 5.91 Å². The average Bonchev–Trinajstić information content (AvgIpc) is 2.37. The lowest BCUT2D eigenvalue weighted by molar-refractivity contribution is -0.133. The number of carbonyl (C=O) groups is 1. The highest BCUT2D eigenvalue weighted by Crippen LogP contribution is 2.30. The Hall–Kier alpha value is -1.35. The fraction of sp³-hybridized carbons (Fsp3) is 0.588. The fourth-order valence-electron chi connectivity index (χ4n) is 1.93. The first kappa shape index (κ1) is 16.7. The SMILES string of the molecule is CCCC(NC(=O)C(C)(C)C(C)(C)N)c1ccccc1. The van der Waals surface area contributed by atoms with Crippen LogP contribution >= 0.6 is 0 Å². The maximum absolute atomic E-state index is 12.6. The molecule has 0 heterocycles. The van der Waals surface area contributed by atoms with E-state index in [2.05, 4.69) is 24.4 Å². The summed E-state index contributed by atoms with van der Waals surface area (Å²) in [4.78, 5) is 12.6. The topological polar surface area (TPSA) is 55.1 Å². The summed E-state index contributed by atoms with van der Waals surface area (Å²) in [6.07, 6.45) is 1.95. The molecular formula is C17H28N2O. The molecule has 0 saturated heterocycles. The van der Waals surface area contributed by atoms with Gasteiger partial charge in [-0.05, 0) is 39.7 Å². The molecule has 0 aromatic heterocycles. The van der Waals surface area contributed by atoms with Crippen LogP contribution in [0, 0.1) is 5.41 Å². The summed E-state index contributed by atoms with van der Waals surface area (Å²) in [5, 5.41) is 3.16. The molecule has 3 nitrogen and oxygen atoms in total. The van der Waals surface area contributed by atoms with E-state index in [-0.39, 0.29) is 11.9 Å². The third-order valence-corrected chi connectivity index (χ3v) is 4.26. The van der Waals surface area contributed by atoms with Crippen molar-refractivity contribution in [3.8, 4) is 0 Å². The van der Waals surface area contributed by atoms with Gasteiger partial charge in [0.25, 0.3) is 0 Å². The van der Waals surface area contributed by atoms with Crippen molar-refractivity contribution >= 4 is 5.91 Å². The van der Waals surface area contributed by atoms with Gasteiger partial charge in [0.05, 0.1) is 11.5 Å². The van der Waals surface area contributed by atoms with E-state index in [1.54, 1.807) is 0 Å². The predicted octanol–water partition coefficient (Wildman–Crippen LogP) is 3.41. The van der Waals surface area contributed by atoms with Crippen molar-refractivity contribution < 1.29 is 4.79 Å². The molecule has 3 heteroatoms. The highest BCUT2D eigenvalue weighted by molar-refractivity contribution is 5.83. The Balaban J connectivity index is 2.90. The van der Waals surface area contributed by atoms with E-state index in [9.17, 15) is 4.79 Å². The first-order chi connectivity index (χ1) is 9.20. The Morgan fingerprint density at radius 1 is 1.20 bits per heavy atom. The number of hydrogen-bond acceptors (Lipinski definition) is 2. The zero-order valence-corrected chi connectivity index (χ0v) is 13.4. The molecule has 20 heavy (non-hydrogen) atoms. The second-order valence-corrected chi connectivity index (χ2v) is 6.57. The van der Waals surface area contributed by atoms with Crippen molar-refractivity contribution in [3.05, 3.63) is 35.9 Å². The largest absolute Gasteiger partial charge is 0.349 e. The highest BCUT2D eigenvalue weighted by Gasteiger charge is 2.41. The molecule has 0 aliphatic carbocycles. The van der Waals surface area contributed by atoms with Gasteiger partial charge in [-0.1, -0.05) is 43.7 Å². The second kappa shape index (κ2) is 6.40. The van der Waals surface area contributed by atoms with E-state index >= 15 is 0 Å². The molecule has 0 saturated carbocycles. The third-order valence-electron chi connectivity index (χ3n) is 4.26. The summed E-state index contributed by atoms with van der Waals surface area (Å²) in [5.74, 6) is 0.00676. The van der Waals surface area contributed by atoms with Crippen LogP contribution in [0.25, 0.3) is 0 Å². The van der Waals surface area contributed by atoms with Gasteiger partial charge < -0.3 is 11.1 Å². The summed E-state index contributed by atoms with van der Waals surface area (Å²) in [6, 6.07) is 10.2. The minimum absolute atomic E-state index is 0.00676. The lowest BCUT2D eigenvalue weighted by Crippen LogP contribution is -2.56. The van der Waals surface area contributed by atoms with E-state index in [4.69, 9.17) is 5.73 Å². The Bertz CT molecular complexity index is 432. The number of carbonyl (C=O) groups excluding carboxylic acids is 1. The number of amides is 1. The zero-order valence-electron chi connectivity index (χ0n) is 13.4. The molecule has 0 bridgehead atoms. The van der Waals surface area contributed by atoms with Gasteiger partial charge in [0.1, 0.15) is 0 Å². The smallest absolute Gasteiger partial charge is 0.227 e. The summed E-state index contributed by atoms with van der Waals surface area (Å²) in [6.45, 7) is 9.71. The molecule has 1 aromatic carbocycles. The quantitative estimate of drug-likeness (QED) is 0.836. The van der Waals surface area contributed by atoms with E-state index in [1.807, 2.05) is 45.9 Å². The lowest BCUT2D eigenvalue weighted by atomic mass is 9.74. The van der Waals surface area contributed by atoms with E-state index < -0.39 is 11.0 Å². The molecule has 112 valence electrons. The molecular weight excluding hydrogens is 248 g/mol. The number of nitrogens with two attached hydrogens (primary N) is 1. The van der Waals surface area contributed by atoms with Crippen molar-refractivity contribution in [2.75, 3.05) is 0 Å². The van der Waals surface area contributed by atoms with Gasteiger partial charge >= 0.3 is 0 Å². The van der Waals surface area contributed by atoms with Crippen molar-refractivity contribution in [3.63, 3.8) is 0 Å². The van der Waals surface area contributed by atoms with Crippen LogP contribution in [0.3, 0.4) is 0 Å². The van der Waals surface area contributed by atoms with Crippen LogP contribution in [0.1, 0.15) is 59.1 Å². The van der Waals surface area contributed by atoms with Crippen LogP contribution in [-0.2, 0) is 4.79 Å². The molecule has 0 radical (unpaired) electrons. The minimum Gasteiger partial charge on any atom is -0.349 e.